The van der Waals surface area contributed by atoms with Gasteiger partial charge in [-0.2, -0.15) is 0 Å². The molecule has 2 heterocycles. The van der Waals surface area contributed by atoms with E-state index in [4.69, 9.17) is 22.1 Å². The van der Waals surface area contributed by atoms with Crippen molar-refractivity contribution >= 4 is 46.2 Å². The Morgan fingerprint density at radius 2 is 2.09 bits per heavy atom. The van der Waals surface area contributed by atoms with Crippen LogP contribution in [0.15, 0.2) is 54.9 Å². The molecule has 170 valence electrons. The first-order valence-electron chi connectivity index (χ1n) is 10.5. The molecule has 3 aromatic rings. The second-order valence-electron chi connectivity index (χ2n) is 7.76. The van der Waals surface area contributed by atoms with Crippen molar-refractivity contribution in [3.63, 3.8) is 0 Å². The van der Waals surface area contributed by atoms with Crippen molar-refractivity contribution in [3.8, 4) is 0 Å². The monoisotopic (exact) mass is 465 g/mol. The number of hydrogen-bond acceptors (Lipinski definition) is 6. The van der Waals surface area contributed by atoms with Gasteiger partial charge in [0.1, 0.15) is 18.2 Å². The molecule has 1 saturated heterocycles. The van der Waals surface area contributed by atoms with Crippen LogP contribution >= 0.6 is 11.6 Å². The van der Waals surface area contributed by atoms with Crippen LogP contribution < -0.4 is 5.73 Å². The highest BCUT2D eigenvalue weighted by Crippen LogP contribution is 2.21. The van der Waals surface area contributed by atoms with Gasteiger partial charge in [-0.15, -0.1) is 0 Å². The van der Waals surface area contributed by atoms with E-state index in [1.54, 1.807) is 28.0 Å². The number of aromatic nitrogens is 2. The lowest BCUT2D eigenvalue weighted by Crippen LogP contribution is -2.59. The zero-order valence-electron chi connectivity index (χ0n) is 18.1. The number of nitrogen functional groups attached to an aromatic ring is 1. The van der Waals surface area contributed by atoms with Gasteiger partial charge in [-0.05, 0) is 41.5 Å². The molecule has 1 aromatic heterocycles. The number of nitrogens with zero attached hydrogens (tertiary/aromatic N) is 4. The van der Waals surface area contributed by atoms with Gasteiger partial charge in [-0.1, -0.05) is 29.8 Å². The first-order chi connectivity index (χ1) is 16.0. The van der Waals surface area contributed by atoms with Crippen LogP contribution in [0.3, 0.4) is 0 Å². The number of methoxy groups -OCH3 is 1. The van der Waals surface area contributed by atoms with E-state index in [1.165, 1.54) is 19.5 Å². The van der Waals surface area contributed by atoms with Crippen LogP contribution in [0.2, 0.25) is 5.02 Å². The van der Waals surface area contributed by atoms with Crippen LogP contribution in [0.1, 0.15) is 11.1 Å². The first-order valence-corrected chi connectivity index (χ1v) is 10.8. The van der Waals surface area contributed by atoms with E-state index in [0.29, 0.717) is 30.5 Å². The number of piperazine rings is 1. The normalized spacial score (nSPS) is 16.7. The van der Waals surface area contributed by atoms with Gasteiger partial charge in [0.2, 0.25) is 11.8 Å². The Hall–Kier alpha value is -3.49. The van der Waals surface area contributed by atoms with E-state index in [0.717, 1.165) is 22.0 Å². The highest BCUT2D eigenvalue weighted by molar-refractivity contribution is 6.30. The van der Waals surface area contributed by atoms with E-state index in [1.807, 2.05) is 30.3 Å². The quantitative estimate of drug-likeness (QED) is 0.562. The van der Waals surface area contributed by atoms with E-state index >= 15 is 0 Å². The van der Waals surface area contributed by atoms with Crippen molar-refractivity contribution in [1.29, 1.82) is 0 Å². The van der Waals surface area contributed by atoms with E-state index in [2.05, 4.69) is 9.97 Å². The number of nitrogens with two attached hydrogens (primary N) is 1. The Bertz CT molecular complexity index is 1220. The molecule has 0 saturated carbocycles. The summed E-state index contributed by atoms with van der Waals surface area (Å²) in [5.74, 6) is 0.0125. The molecule has 2 amide bonds. The fourth-order valence-electron chi connectivity index (χ4n) is 3.89. The molecule has 1 fully saturated rings. The second kappa shape index (κ2) is 9.97. The smallest absolute Gasteiger partial charge is 0.248 e. The summed E-state index contributed by atoms with van der Waals surface area (Å²) in [6, 6.07) is 12.2. The molecule has 0 spiro atoms. The molecule has 0 radical (unpaired) electrons. The summed E-state index contributed by atoms with van der Waals surface area (Å²) in [7, 11) is 1.52. The number of benzene rings is 2. The third-order valence-electron chi connectivity index (χ3n) is 5.56. The van der Waals surface area contributed by atoms with E-state index in [9.17, 15) is 9.59 Å². The summed E-state index contributed by atoms with van der Waals surface area (Å²) >= 11 is 6.01. The lowest BCUT2D eigenvalue weighted by atomic mass is 10.1. The second-order valence-corrected chi connectivity index (χ2v) is 8.20. The minimum absolute atomic E-state index is 0.119. The minimum Gasteiger partial charge on any atom is -0.383 e. The van der Waals surface area contributed by atoms with Crippen LogP contribution in [0.5, 0.6) is 0 Å². The van der Waals surface area contributed by atoms with Crippen LogP contribution in [-0.2, 0) is 20.9 Å². The summed E-state index contributed by atoms with van der Waals surface area (Å²) in [6.45, 7) is 1.34. The topological polar surface area (TPSA) is 102 Å². The molecule has 0 bridgehead atoms. The predicted molar refractivity (Wildman–Crippen MR) is 127 cm³/mol. The highest BCUT2D eigenvalue weighted by atomic mass is 35.5. The van der Waals surface area contributed by atoms with E-state index < -0.39 is 6.04 Å². The molecule has 4 rings (SSSR count). The Labute approximate surface area is 196 Å². The van der Waals surface area contributed by atoms with Crippen molar-refractivity contribution in [1.82, 2.24) is 19.8 Å². The fraction of sp³-hybridized carbons (Fsp3) is 0.250. The third-order valence-corrected chi connectivity index (χ3v) is 5.80. The molecule has 9 heteroatoms. The Kier molecular flexibility index (Phi) is 6.86. The van der Waals surface area contributed by atoms with E-state index in [-0.39, 0.29) is 18.4 Å². The molecule has 1 atom stereocenters. The number of rotatable bonds is 6. The fourth-order valence-corrected chi connectivity index (χ4v) is 4.09. The Morgan fingerprint density at radius 1 is 1.24 bits per heavy atom. The Balaban J connectivity index is 1.48. The van der Waals surface area contributed by atoms with Gasteiger partial charge in [0.25, 0.3) is 0 Å². The van der Waals surface area contributed by atoms with Crippen molar-refractivity contribution < 1.29 is 14.3 Å². The van der Waals surface area contributed by atoms with Crippen molar-refractivity contribution in [2.75, 3.05) is 32.5 Å². The Morgan fingerprint density at radius 3 is 2.88 bits per heavy atom. The molecule has 1 aliphatic heterocycles. The lowest BCUT2D eigenvalue weighted by molar-refractivity contribution is -0.152. The van der Waals surface area contributed by atoms with Gasteiger partial charge in [0.05, 0.1) is 12.1 Å². The maximum absolute atomic E-state index is 13.2. The maximum atomic E-state index is 13.2. The molecule has 1 aliphatic rings. The number of amides is 2. The number of carbonyl (C=O) groups excluding carboxylic acids is 2. The average Bonchev–Trinajstić information content (AvgIpc) is 2.80. The molecule has 0 aliphatic carbocycles. The molecule has 2 aromatic carbocycles. The molecule has 0 unspecified atom stereocenters. The summed E-state index contributed by atoms with van der Waals surface area (Å²) < 4.78 is 5.27. The molecular formula is C24H24ClN5O3. The minimum atomic E-state index is -0.696. The number of hydrogen-bond donors (Lipinski definition) is 1. The summed E-state index contributed by atoms with van der Waals surface area (Å²) in [4.78, 5) is 37.7. The largest absolute Gasteiger partial charge is 0.383 e. The summed E-state index contributed by atoms with van der Waals surface area (Å²) in [5.41, 5.74) is 8.35. The van der Waals surface area contributed by atoms with Gasteiger partial charge in [0.15, 0.2) is 0 Å². The highest BCUT2D eigenvalue weighted by Gasteiger charge is 2.36. The van der Waals surface area contributed by atoms with Crippen LogP contribution in [0, 0.1) is 0 Å². The lowest BCUT2D eigenvalue weighted by Gasteiger charge is -2.40. The SMILES string of the molecule is COC[C@H]1C(=O)N(Cc2ccc3c(N)ncnc3c2)CCN1C(=O)C=Cc1cccc(Cl)c1. The summed E-state index contributed by atoms with van der Waals surface area (Å²) in [5, 5.41) is 1.36. The molecule has 2 N–H and O–H groups in total. The number of ether oxygens (including phenoxy) is 1. The predicted octanol–water partition coefficient (Wildman–Crippen LogP) is 2.76. The number of fused-ring (bicyclic) bond motifs is 1. The third kappa shape index (κ3) is 5.13. The summed E-state index contributed by atoms with van der Waals surface area (Å²) in [6.07, 6.45) is 4.57. The molecular weight excluding hydrogens is 442 g/mol. The van der Waals surface area contributed by atoms with Crippen LogP contribution in [-0.4, -0.2) is 64.4 Å². The molecule has 8 nitrogen and oxygen atoms in total. The zero-order chi connectivity index (χ0) is 23.4. The number of anilines is 1. The van der Waals surface area contributed by atoms with Gasteiger partial charge >= 0.3 is 0 Å². The first kappa shape index (κ1) is 22.7. The van der Waals surface area contributed by atoms with Gasteiger partial charge in [0, 0.05) is 43.2 Å². The van der Waals surface area contributed by atoms with Gasteiger partial charge in [-0.25, -0.2) is 9.97 Å². The van der Waals surface area contributed by atoms with Crippen LogP contribution in [0.4, 0.5) is 5.82 Å². The van der Waals surface area contributed by atoms with Crippen LogP contribution in [0.25, 0.3) is 17.0 Å². The standard InChI is InChI=1S/C24H24ClN5O3/c1-33-14-21-24(32)29(13-17-5-7-19-20(12-17)27-15-28-23(19)26)9-10-30(21)22(31)8-6-16-3-2-4-18(25)11-16/h2-8,11-12,15,21H,9-10,13-14H2,1H3,(H2,26,27,28)/t21-/m0/s1. The van der Waals surface area contributed by atoms with Gasteiger partial charge < -0.3 is 20.3 Å². The van der Waals surface area contributed by atoms with Gasteiger partial charge in [-0.3, -0.25) is 9.59 Å². The average molecular weight is 466 g/mol. The van der Waals surface area contributed by atoms with Crippen molar-refractivity contribution in [3.05, 3.63) is 71.0 Å². The molecule has 33 heavy (non-hydrogen) atoms. The van der Waals surface area contributed by atoms with Crippen molar-refractivity contribution in [2.45, 2.75) is 12.6 Å². The number of halogens is 1. The number of carbonyl (C=O) groups is 2. The van der Waals surface area contributed by atoms with Crippen molar-refractivity contribution in [2.24, 2.45) is 0 Å². The zero-order valence-corrected chi connectivity index (χ0v) is 18.9. The maximum Gasteiger partial charge on any atom is 0.248 e.